The van der Waals surface area contributed by atoms with E-state index >= 15 is 0 Å². The summed E-state index contributed by atoms with van der Waals surface area (Å²) < 4.78 is 18.6. The molecule has 0 aliphatic heterocycles. The topological polar surface area (TPSA) is 35.2 Å². The van der Waals surface area contributed by atoms with Gasteiger partial charge in [-0.25, -0.2) is 4.39 Å². The number of halogens is 3. The van der Waals surface area contributed by atoms with Crippen LogP contribution in [0.15, 0.2) is 36.4 Å². The number of methoxy groups -OCH3 is 1. The first-order valence-corrected chi connectivity index (χ1v) is 6.33. The monoisotopic (exact) mass is 299 g/mol. The number of nitrogens with two attached hydrogens (primary N) is 1. The van der Waals surface area contributed by atoms with E-state index in [0.29, 0.717) is 16.3 Å². The summed E-state index contributed by atoms with van der Waals surface area (Å²) in [6.45, 7) is 0. The zero-order valence-electron chi connectivity index (χ0n) is 10.2. The van der Waals surface area contributed by atoms with Crippen LogP contribution in [-0.2, 0) is 0 Å². The van der Waals surface area contributed by atoms with Crippen molar-refractivity contribution in [3.05, 3.63) is 63.4 Å². The molecule has 0 saturated heterocycles. The molecule has 0 amide bonds. The molecule has 2 aromatic rings. The van der Waals surface area contributed by atoms with Gasteiger partial charge in [-0.2, -0.15) is 0 Å². The van der Waals surface area contributed by atoms with Crippen molar-refractivity contribution in [2.24, 2.45) is 5.73 Å². The molecule has 0 spiro atoms. The van der Waals surface area contributed by atoms with Gasteiger partial charge in [0.05, 0.1) is 23.2 Å². The summed E-state index contributed by atoms with van der Waals surface area (Å²) in [7, 11) is 1.52. The third-order valence-electron chi connectivity index (χ3n) is 2.85. The fraction of sp³-hybridized carbons (Fsp3) is 0.143. The van der Waals surface area contributed by atoms with E-state index < -0.39 is 11.9 Å². The lowest BCUT2D eigenvalue weighted by Crippen LogP contribution is -2.13. The van der Waals surface area contributed by atoms with E-state index in [9.17, 15) is 4.39 Å². The Morgan fingerprint density at radius 1 is 1.21 bits per heavy atom. The van der Waals surface area contributed by atoms with E-state index in [-0.39, 0.29) is 5.02 Å². The maximum atomic E-state index is 13.4. The van der Waals surface area contributed by atoms with Gasteiger partial charge in [-0.3, -0.25) is 0 Å². The molecule has 19 heavy (non-hydrogen) atoms. The molecule has 100 valence electrons. The summed E-state index contributed by atoms with van der Waals surface area (Å²) in [4.78, 5) is 0. The molecule has 0 aliphatic rings. The second kappa shape index (κ2) is 5.78. The zero-order valence-corrected chi connectivity index (χ0v) is 11.7. The van der Waals surface area contributed by atoms with Crippen molar-refractivity contribution in [3.63, 3.8) is 0 Å². The highest BCUT2D eigenvalue weighted by molar-refractivity contribution is 6.32. The van der Waals surface area contributed by atoms with Crippen molar-refractivity contribution in [2.45, 2.75) is 6.04 Å². The lowest BCUT2D eigenvalue weighted by atomic mass is 9.99. The first-order chi connectivity index (χ1) is 9.04. The molecule has 0 aromatic heterocycles. The van der Waals surface area contributed by atoms with Crippen LogP contribution in [0.25, 0.3) is 0 Å². The maximum Gasteiger partial charge on any atom is 0.142 e. The molecule has 0 bridgehead atoms. The largest absolute Gasteiger partial charge is 0.495 e. The summed E-state index contributed by atoms with van der Waals surface area (Å²) in [5.74, 6) is 0.0256. The Morgan fingerprint density at radius 2 is 1.95 bits per heavy atom. The second-order valence-electron chi connectivity index (χ2n) is 4.01. The molecule has 2 aromatic carbocycles. The van der Waals surface area contributed by atoms with Crippen LogP contribution < -0.4 is 10.5 Å². The summed E-state index contributed by atoms with van der Waals surface area (Å²) in [5, 5.41) is 0.521. The van der Waals surface area contributed by atoms with Crippen molar-refractivity contribution in [2.75, 3.05) is 7.11 Å². The van der Waals surface area contributed by atoms with Gasteiger partial charge in [0.25, 0.3) is 0 Å². The Kier molecular flexibility index (Phi) is 4.30. The van der Waals surface area contributed by atoms with E-state index in [0.717, 1.165) is 5.56 Å². The SMILES string of the molecule is COc1cc(C(N)c2cccc(F)c2Cl)ccc1Cl. The molecule has 0 saturated carbocycles. The van der Waals surface area contributed by atoms with E-state index in [4.69, 9.17) is 33.7 Å². The molecule has 2 nitrogen and oxygen atoms in total. The van der Waals surface area contributed by atoms with Crippen molar-refractivity contribution in [1.29, 1.82) is 0 Å². The normalized spacial score (nSPS) is 12.3. The van der Waals surface area contributed by atoms with E-state index in [1.54, 1.807) is 30.3 Å². The Morgan fingerprint density at radius 3 is 2.63 bits per heavy atom. The van der Waals surface area contributed by atoms with E-state index in [2.05, 4.69) is 0 Å². The van der Waals surface area contributed by atoms with Crippen LogP contribution in [0, 0.1) is 5.82 Å². The highest BCUT2D eigenvalue weighted by atomic mass is 35.5. The van der Waals surface area contributed by atoms with Crippen molar-refractivity contribution >= 4 is 23.2 Å². The molecule has 1 unspecified atom stereocenters. The maximum absolute atomic E-state index is 13.4. The second-order valence-corrected chi connectivity index (χ2v) is 4.80. The molecule has 2 N–H and O–H groups in total. The van der Waals surface area contributed by atoms with Gasteiger partial charge in [0.15, 0.2) is 0 Å². The molecular weight excluding hydrogens is 288 g/mol. The molecule has 0 fully saturated rings. The Balaban J connectivity index is 2.44. The van der Waals surface area contributed by atoms with Crippen LogP contribution in [0.1, 0.15) is 17.2 Å². The molecule has 5 heteroatoms. The van der Waals surface area contributed by atoms with Crippen molar-refractivity contribution in [3.8, 4) is 5.75 Å². The summed E-state index contributed by atoms with van der Waals surface area (Å²) >= 11 is 11.9. The van der Waals surface area contributed by atoms with Crippen LogP contribution >= 0.6 is 23.2 Å². The van der Waals surface area contributed by atoms with Crippen LogP contribution in [0.3, 0.4) is 0 Å². The van der Waals surface area contributed by atoms with Gasteiger partial charge < -0.3 is 10.5 Å². The fourth-order valence-corrected chi connectivity index (χ4v) is 2.25. The lowest BCUT2D eigenvalue weighted by molar-refractivity contribution is 0.414. The molecule has 0 aliphatic carbocycles. The Hall–Kier alpha value is -1.29. The first kappa shape index (κ1) is 14.1. The number of hydrogen-bond acceptors (Lipinski definition) is 2. The van der Waals surface area contributed by atoms with E-state index in [1.165, 1.54) is 13.2 Å². The van der Waals surface area contributed by atoms with E-state index in [1.807, 2.05) is 0 Å². The summed E-state index contributed by atoms with van der Waals surface area (Å²) in [6, 6.07) is 9.17. The number of benzene rings is 2. The van der Waals surface area contributed by atoms with Crippen LogP contribution in [0.5, 0.6) is 5.75 Å². The predicted octanol–water partition coefficient (Wildman–Crippen LogP) is 4.19. The third kappa shape index (κ3) is 2.84. The third-order valence-corrected chi connectivity index (χ3v) is 3.56. The predicted molar refractivity (Wildman–Crippen MR) is 75.4 cm³/mol. The molecule has 0 radical (unpaired) electrons. The highest BCUT2D eigenvalue weighted by Crippen LogP contribution is 2.32. The summed E-state index contributed by atoms with van der Waals surface area (Å²) in [5.41, 5.74) is 7.37. The quantitative estimate of drug-likeness (QED) is 0.922. The Labute approximate surface area is 120 Å². The van der Waals surface area contributed by atoms with Gasteiger partial charge in [0, 0.05) is 0 Å². The minimum atomic E-state index is -0.547. The molecule has 1 atom stereocenters. The standard InChI is InChI=1S/C14H12Cl2FNO/c1-19-12-7-8(5-6-10(12)15)14(18)9-3-2-4-11(17)13(9)16/h2-7,14H,18H2,1H3. The van der Waals surface area contributed by atoms with Gasteiger partial charge in [-0.15, -0.1) is 0 Å². The van der Waals surface area contributed by atoms with Crippen LogP contribution in [-0.4, -0.2) is 7.11 Å². The fourth-order valence-electron chi connectivity index (χ4n) is 1.81. The van der Waals surface area contributed by atoms with Gasteiger partial charge in [0.1, 0.15) is 11.6 Å². The number of ether oxygens (including phenoxy) is 1. The van der Waals surface area contributed by atoms with Gasteiger partial charge in [-0.1, -0.05) is 41.4 Å². The van der Waals surface area contributed by atoms with Gasteiger partial charge >= 0.3 is 0 Å². The number of hydrogen-bond donors (Lipinski definition) is 1. The first-order valence-electron chi connectivity index (χ1n) is 5.57. The van der Waals surface area contributed by atoms with Crippen LogP contribution in [0.4, 0.5) is 4.39 Å². The van der Waals surface area contributed by atoms with Crippen molar-refractivity contribution in [1.82, 2.24) is 0 Å². The number of rotatable bonds is 3. The zero-order chi connectivity index (χ0) is 14.0. The minimum Gasteiger partial charge on any atom is -0.495 e. The van der Waals surface area contributed by atoms with Gasteiger partial charge in [-0.05, 0) is 29.3 Å². The molecular formula is C14H12Cl2FNO. The van der Waals surface area contributed by atoms with Crippen molar-refractivity contribution < 1.29 is 9.13 Å². The van der Waals surface area contributed by atoms with Gasteiger partial charge in [0.2, 0.25) is 0 Å². The van der Waals surface area contributed by atoms with Crippen LogP contribution in [0.2, 0.25) is 10.0 Å². The molecule has 0 heterocycles. The minimum absolute atomic E-state index is 0.0314. The smallest absolute Gasteiger partial charge is 0.142 e. The molecule has 2 rings (SSSR count). The summed E-state index contributed by atoms with van der Waals surface area (Å²) in [6.07, 6.45) is 0. The highest BCUT2D eigenvalue weighted by Gasteiger charge is 2.16. The Bertz CT molecular complexity index is 604. The average molecular weight is 300 g/mol. The average Bonchev–Trinajstić information content (AvgIpc) is 2.41. The lowest BCUT2D eigenvalue weighted by Gasteiger charge is -2.16.